The van der Waals surface area contributed by atoms with Gasteiger partial charge in [0, 0.05) is 29.5 Å². The second-order valence-corrected chi connectivity index (χ2v) is 5.22. The molecular formula is C14H14BrN3O3. The molecule has 0 saturated carbocycles. The lowest BCUT2D eigenvalue weighted by Crippen LogP contribution is -2.03. The highest BCUT2D eigenvalue weighted by Crippen LogP contribution is 2.29. The van der Waals surface area contributed by atoms with Crippen molar-refractivity contribution in [3.63, 3.8) is 0 Å². The molecule has 0 spiro atoms. The van der Waals surface area contributed by atoms with E-state index < -0.39 is 4.92 Å². The van der Waals surface area contributed by atoms with Gasteiger partial charge in [-0.15, -0.1) is 0 Å². The molecule has 0 aliphatic heterocycles. The van der Waals surface area contributed by atoms with Crippen LogP contribution < -0.4 is 5.32 Å². The Morgan fingerprint density at radius 1 is 1.43 bits per heavy atom. The highest BCUT2D eigenvalue weighted by atomic mass is 79.9. The average molecular weight is 352 g/mol. The molecule has 0 atom stereocenters. The molecule has 0 radical (unpaired) electrons. The number of hydrogen-bond acceptors (Lipinski definition) is 5. The molecule has 0 amide bonds. The van der Waals surface area contributed by atoms with Crippen molar-refractivity contribution in [1.82, 2.24) is 4.98 Å². The van der Waals surface area contributed by atoms with E-state index in [1.165, 1.54) is 12.3 Å². The molecule has 2 aromatic rings. The lowest BCUT2D eigenvalue weighted by Gasteiger charge is -2.11. The minimum atomic E-state index is -0.460. The molecule has 0 fully saturated rings. The summed E-state index contributed by atoms with van der Waals surface area (Å²) in [5.41, 5.74) is 1.72. The van der Waals surface area contributed by atoms with Crippen molar-refractivity contribution >= 4 is 33.1 Å². The first-order valence-electron chi connectivity index (χ1n) is 6.25. The number of nitro groups is 1. The van der Waals surface area contributed by atoms with Crippen LogP contribution in [0.2, 0.25) is 0 Å². The van der Waals surface area contributed by atoms with Gasteiger partial charge in [0.2, 0.25) is 5.82 Å². The lowest BCUT2D eigenvalue weighted by atomic mass is 10.1. The van der Waals surface area contributed by atoms with Crippen molar-refractivity contribution in [2.24, 2.45) is 0 Å². The zero-order chi connectivity index (χ0) is 15.2. The predicted molar refractivity (Wildman–Crippen MR) is 83.9 cm³/mol. The first kappa shape index (κ1) is 15.4. The molecule has 7 heteroatoms. The summed E-state index contributed by atoms with van der Waals surface area (Å²) in [5.74, 6) is 0.216. The van der Waals surface area contributed by atoms with Crippen LogP contribution in [0, 0.1) is 10.1 Å². The van der Waals surface area contributed by atoms with Crippen molar-refractivity contribution in [1.29, 1.82) is 0 Å². The molecule has 110 valence electrons. The maximum Gasteiger partial charge on any atom is 0.312 e. The molecule has 6 nitrogen and oxygen atoms in total. The Morgan fingerprint density at radius 3 is 2.90 bits per heavy atom. The van der Waals surface area contributed by atoms with Gasteiger partial charge in [0.1, 0.15) is 0 Å². The van der Waals surface area contributed by atoms with Crippen LogP contribution in [0.5, 0.6) is 0 Å². The SMILES string of the molecule is COCCc1ccccc1Nc1ncc(Br)cc1[N+](=O)[O-]. The molecule has 0 aliphatic rings. The third kappa shape index (κ3) is 3.99. The monoisotopic (exact) mass is 351 g/mol. The van der Waals surface area contributed by atoms with Gasteiger partial charge in [-0.25, -0.2) is 4.98 Å². The first-order valence-corrected chi connectivity index (χ1v) is 7.05. The Balaban J connectivity index is 2.32. The number of hydrogen-bond donors (Lipinski definition) is 1. The maximum absolute atomic E-state index is 11.1. The molecule has 0 saturated heterocycles. The van der Waals surface area contributed by atoms with E-state index >= 15 is 0 Å². The summed E-state index contributed by atoms with van der Waals surface area (Å²) in [7, 11) is 1.64. The number of nitrogens with zero attached hydrogens (tertiary/aromatic N) is 2. The van der Waals surface area contributed by atoms with Gasteiger partial charge in [-0.3, -0.25) is 10.1 Å². The molecule has 1 N–H and O–H groups in total. The second kappa shape index (κ2) is 7.14. The van der Waals surface area contributed by atoms with Crippen LogP contribution in [-0.4, -0.2) is 23.6 Å². The normalized spacial score (nSPS) is 10.4. The summed E-state index contributed by atoms with van der Waals surface area (Å²) >= 11 is 3.19. The number of methoxy groups -OCH3 is 1. The van der Waals surface area contributed by atoms with E-state index in [-0.39, 0.29) is 11.5 Å². The van der Waals surface area contributed by atoms with E-state index in [0.29, 0.717) is 17.5 Å². The van der Waals surface area contributed by atoms with Crippen molar-refractivity contribution < 1.29 is 9.66 Å². The van der Waals surface area contributed by atoms with Crippen molar-refractivity contribution in [2.45, 2.75) is 6.42 Å². The molecular weight excluding hydrogens is 338 g/mol. The standard InChI is InChI=1S/C14H14BrN3O3/c1-21-7-6-10-4-2-3-5-12(10)17-14-13(18(19)20)8-11(15)9-16-14/h2-5,8-9H,6-7H2,1H3,(H,16,17). The van der Waals surface area contributed by atoms with Crippen LogP contribution in [0.4, 0.5) is 17.2 Å². The number of para-hydroxylation sites is 1. The Labute approximate surface area is 130 Å². The third-order valence-electron chi connectivity index (χ3n) is 2.88. The largest absolute Gasteiger partial charge is 0.384 e. The average Bonchev–Trinajstić information content (AvgIpc) is 2.48. The van der Waals surface area contributed by atoms with Crippen molar-refractivity contribution in [3.05, 3.63) is 56.7 Å². The van der Waals surface area contributed by atoms with Gasteiger partial charge in [-0.05, 0) is 34.0 Å². The number of aromatic nitrogens is 1. The Hall–Kier alpha value is -1.99. The predicted octanol–water partition coefficient (Wildman–Crippen LogP) is 3.68. The number of nitrogens with one attached hydrogen (secondary N) is 1. The quantitative estimate of drug-likeness (QED) is 0.634. The van der Waals surface area contributed by atoms with Gasteiger partial charge >= 0.3 is 5.69 Å². The molecule has 0 bridgehead atoms. The third-order valence-corrected chi connectivity index (χ3v) is 3.31. The number of ether oxygens (including phenoxy) is 1. The Bertz CT molecular complexity index is 649. The second-order valence-electron chi connectivity index (χ2n) is 4.30. The molecule has 2 rings (SSSR count). The fourth-order valence-corrected chi connectivity index (χ4v) is 2.18. The van der Waals surface area contributed by atoms with E-state index in [2.05, 4.69) is 26.2 Å². The summed E-state index contributed by atoms with van der Waals surface area (Å²) in [6.07, 6.45) is 2.23. The van der Waals surface area contributed by atoms with E-state index in [0.717, 1.165) is 11.3 Å². The van der Waals surface area contributed by atoms with Gasteiger partial charge in [-0.1, -0.05) is 18.2 Å². The fraction of sp³-hybridized carbons (Fsp3) is 0.214. The van der Waals surface area contributed by atoms with E-state index in [9.17, 15) is 10.1 Å². The van der Waals surface area contributed by atoms with E-state index in [1.807, 2.05) is 24.3 Å². The minimum absolute atomic E-state index is 0.0779. The topological polar surface area (TPSA) is 77.3 Å². The van der Waals surface area contributed by atoms with Gasteiger partial charge in [0.05, 0.1) is 11.5 Å². The van der Waals surface area contributed by atoms with Gasteiger partial charge < -0.3 is 10.1 Å². The summed E-state index contributed by atoms with van der Waals surface area (Å²) in [6.45, 7) is 0.578. The number of rotatable bonds is 6. The van der Waals surface area contributed by atoms with Crippen LogP contribution >= 0.6 is 15.9 Å². The van der Waals surface area contributed by atoms with Crippen LogP contribution in [0.3, 0.4) is 0 Å². The molecule has 1 aromatic heterocycles. The van der Waals surface area contributed by atoms with Crippen molar-refractivity contribution in [3.8, 4) is 0 Å². The molecule has 21 heavy (non-hydrogen) atoms. The molecule has 0 unspecified atom stereocenters. The zero-order valence-electron chi connectivity index (χ0n) is 11.4. The minimum Gasteiger partial charge on any atom is -0.384 e. The first-order chi connectivity index (χ1) is 10.1. The number of halogens is 1. The van der Waals surface area contributed by atoms with Crippen molar-refractivity contribution in [2.75, 3.05) is 19.0 Å². The summed E-state index contributed by atoms with van der Waals surface area (Å²) in [5, 5.41) is 14.1. The molecule has 1 heterocycles. The van der Waals surface area contributed by atoms with E-state index in [4.69, 9.17) is 4.74 Å². The Kier molecular flexibility index (Phi) is 5.24. The summed E-state index contributed by atoms with van der Waals surface area (Å²) < 4.78 is 5.63. The van der Waals surface area contributed by atoms with Crippen LogP contribution in [-0.2, 0) is 11.2 Å². The summed E-state index contributed by atoms with van der Waals surface area (Å²) in [6, 6.07) is 9.01. The number of benzene rings is 1. The van der Waals surface area contributed by atoms with Crippen LogP contribution in [0.15, 0.2) is 41.0 Å². The zero-order valence-corrected chi connectivity index (χ0v) is 13.0. The van der Waals surface area contributed by atoms with Gasteiger partial charge in [-0.2, -0.15) is 0 Å². The van der Waals surface area contributed by atoms with Gasteiger partial charge in [0.25, 0.3) is 0 Å². The number of pyridine rings is 1. The smallest absolute Gasteiger partial charge is 0.312 e. The highest BCUT2D eigenvalue weighted by Gasteiger charge is 2.16. The molecule has 1 aromatic carbocycles. The van der Waals surface area contributed by atoms with Crippen LogP contribution in [0.25, 0.3) is 0 Å². The number of anilines is 2. The Morgan fingerprint density at radius 2 is 2.19 bits per heavy atom. The summed E-state index contributed by atoms with van der Waals surface area (Å²) in [4.78, 5) is 14.7. The highest BCUT2D eigenvalue weighted by molar-refractivity contribution is 9.10. The van der Waals surface area contributed by atoms with Gasteiger partial charge in [0.15, 0.2) is 0 Å². The lowest BCUT2D eigenvalue weighted by molar-refractivity contribution is -0.384. The van der Waals surface area contributed by atoms with Crippen LogP contribution in [0.1, 0.15) is 5.56 Å². The van der Waals surface area contributed by atoms with E-state index in [1.54, 1.807) is 7.11 Å². The molecule has 0 aliphatic carbocycles. The maximum atomic E-state index is 11.1. The fourth-order valence-electron chi connectivity index (χ4n) is 1.86.